The number of carbonyl (C=O) groups is 1. The molecule has 1 aliphatic heterocycles. The Morgan fingerprint density at radius 3 is 2.79 bits per heavy atom. The highest BCUT2D eigenvalue weighted by Crippen LogP contribution is 2.27. The van der Waals surface area contributed by atoms with Gasteiger partial charge in [-0.2, -0.15) is 4.31 Å². The number of hydrogen-bond acceptors (Lipinski definition) is 4. The molecular formula is C15H21F2N3O3S. The van der Waals surface area contributed by atoms with Gasteiger partial charge in [0.2, 0.25) is 15.9 Å². The third kappa shape index (κ3) is 4.08. The maximum Gasteiger partial charge on any atom is 0.246 e. The van der Waals surface area contributed by atoms with Crippen LogP contribution in [-0.4, -0.2) is 44.3 Å². The van der Waals surface area contributed by atoms with E-state index in [1.807, 2.05) is 0 Å². The molecule has 1 aliphatic rings. The van der Waals surface area contributed by atoms with Crippen LogP contribution in [0.1, 0.15) is 25.7 Å². The smallest absolute Gasteiger partial charge is 0.246 e. The summed E-state index contributed by atoms with van der Waals surface area (Å²) in [5.41, 5.74) is 5.30. The monoisotopic (exact) mass is 361 g/mol. The SMILES string of the molecule is NCCC(=O)NCC1CCCCN1S(=O)(=O)c1cccc(F)c1F. The minimum absolute atomic E-state index is 0.120. The molecule has 1 atom stereocenters. The molecule has 1 amide bonds. The molecule has 0 spiro atoms. The Balaban J connectivity index is 2.22. The molecule has 0 radical (unpaired) electrons. The lowest BCUT2D eigenvalue weighted by Crippen LogP contribution is -2.49. The number of halogens is 2. The van der Waals surface area contributed by atoms with Gasteiger partial charge in [0.1, 0.15) is 4.90 Å². The molecule has 1 saturated heterocycles. The summed E-state index contributed by atoms with van der Waals surface area (Å²) in [7, 11) is -4.18. The van der Waals surface area contributed by atoms with Gasteiger partial charge in [-0.05, 0) is 25.0 Å². The van der Waals surface area contributed by atoms with E-state index < -0.39 is 32.6 Å². The first-order chi connectivity index (χ1) is 11.4. The van der Waals surface area contributed by atoms with Crippen molar-refractivity contribution >= 4 is 15.9 Å². The van der Waals surface area contributed by atoms with E-state index in [1.54, 1.807) is 0 Å². The third-order valence-corrected chi connectivity index (χ3v) is 5.95. The molecule has 0 saturated carbocycles. The first-order valence-electron chi connectivity index (χ1n) is 7.80. The van der Waals surface area contributed by atoms with E-state index in [0.29, 0.717) is 12.8 Å². The lowest BCUT2D eigenvalue weighted by Gasteiger charge is -2.34. The summed E-state index contributed by atoms with van der Waals surface area (Å²) in [5, 5.41) is 2.64. The molecule has 9 heteroatoms. The van der Waals surface area contributed by atoms with Gasteiger partial charge >= 0.3 is 0 Å². The number of nitrogens with zero attached hydrogens (tertiary/aromatic N) is 1. The number of nitrogens with one attached hydrogen (secondary N) is 1. The zero-order chi connectivity index (χ0) is 17.7. The van der Waals surface area contributed by atoms with Crippen molar-refractivity contribution in [2.75, 3.05) is 19.6 Å². The van der Waals surface area contributed by atoms with Gasteiger partial charge < -0.3 is 11.1 Å². The van der Waals surface area contributed by atoms with Crippen molar-refractivity contribution in [2.24, 2.45) is 5.73 Å². The molecule has 1 heterocycles. The number of amides is 1. The second kappa shape index (κ2) is 8.00. The van der Waals surface area contributed by atoms with Gasteiger partial charge in [-0.25, -0.2) is 17.2 Å². The molecule has 1 unspecified atom stereocenters. The van der Waals surface area contributed by atoms with Crippen molar-refractivity contribution in [3.63, 3.8) is 0 Å². The van der Waals surface area contributed by atoms with Gasteiger partial charge in [0.15, 0.2) is 11.6 Å². The minimum atomic E-state index is -4.18. The maximum absolute atomic E-state index is 13.9. The van der Waals surface area contributed by atoms with Gasteiger partial charge in [0.05, 0.1) is 0 Å². The van der Waals surface area contributed by atoms with Crippen LogP contribution in [0.25, 0.3) is 0 Å². The molecule has 6 nitrogen and oxygen atoms in total. The second-order valence-corrected chi connectivity index (χ2v) is 7.52. The predicted octanol–water partition coefficient (Wildman–Crippen LogP) is 0.973. The quantitative estimate of drug-likeness (QED) is 0.790. The number of rotatable bonds is 6. The van der Waals surface area contributed by atoms with Crippen molar-refractivity contribution in [1.29, 1.82) is 0 Å². The Labute approximate surface area is 140 Å². The van der Waals surface area contributed by atoms with E-state index in [1.165, 1.54) is 0 Å². The van der Waals surface area contributed by atoms with Crippen LogP contribution in [0.3, 0.4) is 0 Å². The van der Waals surface area contributed by atoms with Crippen molar-refractivity contribution in [3.8, 4) is 0 Å². The first kappa shape index (κ1) is 18.8. The average molecular weight is 361 g/mol. The highest BCUT2D eigenvalue weighted by atomic mass is 32.2. The molecule has 2 rings (SSSR count). The van der Waals surface area contributed by atoms with Gasteiger partial charge in [-0.15, -0.1) is 0 Å². The molecule has 3 N–H and O–H groups in total. The minimum Gasteiger partial charge on any atom is -0.354 e. The summed E-state index contributed by atoms with van der Waals surface area (Å²) in [6.07, 6.45) is 2.12. The number of sulfonamides is 1. The van der Waals surface area contributed by atoms with Crippen LogP contribution in [-0.2, 0) is 14.8 Å². The highest BCUT2D eigenvalue weighted by molar-refractivity contribution is 7.89. The van der Waals surface area contributed by atoms with Gasteiger partial charge in [-0.3, -0.25) is 4.79 Å². The Hall–Kier alpha value is -1.58. The van der Waals surface area contributed by atoms with Crippen LogP contribution in [0.5, 0.6) is 0 Å². The van der Waals surface area contributed by atoms with Gasteiger partial charge in [0, 0.05) is 32.1 Å². The van der Waals surface area contributed by atoms with Crippen LogP contribution in [0.4, 0.5) is 8.78 Å². The molecular weight excluding hydrogens is 340 g/mol. The molecule has 24 heavy (non-hydrogen) atoms. The molecule has 0 aromatic heterocycles. The molecule has 1 aromatic rings. The van der Waals surface area contributed by atoms with Crippen LogP contribution < -0.4 is 11.1 Å². The Bertz CT molecular complexity index is 697. The van der Waals surface area contributed by atoms with Crippen molar-refractivity contribution in [2.45, 2.75) is 36.6 Å². The first-order valence-corrected chi connectivity index (χ1v) is 9.24. The molecule has 0 aliphatic carbocycles. The van der Waals surface area contributed by atoms with Crippen LogP contribution in [0.2, 0.25) is 0 Å². The third-order valence-electron chi connectivity index (χ3n) is 3.98. The van der Waals surface area contributed by atoms with Crippen LogP contribution in [0, 0.1) is 11.6 Å². The molecule has 0 bridgehead atoms. The topological polar surface area (TPSA) is 92.5 Å². The summed E-state index contributed by atoms with van der Waals surface area (Å²) < 4.78 is 53.9. The number of piperidine rings is 1. The predicted molar refractivity (Wildman–Crippen MR) is 84.6 cm³/mol. The Kier molecular flexibility index (Phi) is 6.25. The number of carbonyl (C=O) groups excluding carboxylic acids is 1. The molecule has 134 valence electrons. The zero-order valence-corrected chi connectivity index (χ0v) is 14.0. The lowest BCUT2D eigenvalue weighted by atomic mass is 10.1. The van der Waals surface area contributed by atoms with E-state index >= 15 is 0 Å². The summed E-state index contributed by atoms with van der Waals surface area (Å²) >= 11 is 0. The summed E-state index contributed by atoms with van der Waals surface area (Å²) in [4.78, 5) is 10.9. The van der Waals surface area contributed by atoms with Crippen molar-refractivity contribution < 1.29 is 22.0 Å². The Morgan fingerprint density at radius 2 is 2.08 bits per heavy atom. The van der Waals surface area contributed by atoms with Gasteiger partial charge in [-0.1, -0.05) is 12.5 Å². The fourth-order valence-electron chi connectivity index (χ4n) is 2.76. The van der Waals surface area contributed by atoms with E-state index in [9.17, 15) is 22.0 Å². The van der Waals surface area contributed by atoms with Crippen LogP contribution >= 0.6 is 0 Å². The van der Waals surface area contributed by atoms with Crippen molar-refractivity contribution in [1.82, 2.24) is 9.62 Å². The maximum atomic E-state index is 13.9. The van der Waals surface area contributed by atoms with Crippen LogP contribution in [0.15, 0.2) is 23.1 Å². The Morgan fingerprint density at radius 1 is 1.33 bits per heavy atom. The molecule has 1 aromatic carbocycles. The summed E-state index contributed by atoms with van der Waals surface area (Å²) in [6, 6.07) is 2.59. The second-order valence-electron chi connectivity index (χ2n) is 5.66. The number of hydrogen-bond donors (Lipinski definition) is 2. The zero-order valence-electron chi connectivity index (χ0n) is 13.2. The normalized spacial score (nSPS) is 19.2. The number of benzene rings is 1. The summed E-state index contributed by atoms with van der Waals surface area (Å²) in [5.74, 6) is -2.85. The largest absolute Gasteiger partial charge is 0.354 e. The van der Waals surface area contributed by atoms with E-state index in [-0.39, 0.29) is 32.0 Å². The average Bonchev–Trinajstić information content (AvgIpc) is 2.56. The van der Waals surface area contributed by atoms with E-state index in [2.05, 4.69) is 5.32 Å². The van der Waals surface area contributed by atoms with Crippen molar-refractivity contribution in [3.05, 3.63) is 29.8 Å². The molecule has 1 fully saturated rings. The fraction of sp³-hybridized carbons (Fsp3) is 0.533. The van der Waals surface area contributed by atoms with E-state index in [4.69, 9.17) is 5.73 Å². The van der Waals surface area contributed by atoms with E-state index in [0.717, 1.165) is 28.9 Å². The highest BCUT2D eigenvalue weighted by Gasteiger charge is 2.35. The van der Waals surface area contributed by atoms with Gasteiger partial charge in [0.25, 0.3) is 0 Å². The number of nitrogens with two attached hydrogens (primary N) is 1. The standard InChI is InChI=1S/C15H21F2N3O3S/c16-12-5-3-6-13(15(12)17)24(22,23)20-9-2-1-4-11(20)10-19-14(21)7-8-18/h3,5-6,11H,1-2,4,7-10,18H2,(H,19,21). The fourth-order valence-corrected chi connectivity index (χ4v) is 4.52. The lowest BCUT2D eigenvalue weighted by molar-refractivity contribution is -0.121. The summed E-state index contributed by atoms with van der Waals surface area (Å²) in [6.45, 7) is 0.526.